The first-order valence-corrected chi connectivity index (χ1v) is 9.41. The second-order valence-corrected chi connectivity index (χ2v) is 6.91. The van der Waals surface area contributed by atoms with E-state index in [2.05, 4.69) is 47.8 Å². The van der Waals surface area contributed by atoms with Gasteiger partial charge in [0, 0.05) is 24.0 Å². The van der Waals surface area contributed by atoms with E-state index in [0.717, 1.165) is 25.6 Å². The van der Waals surface area contributed by atoms with Gasteiger partial charge in [0.15, 0.2) is 5.96 Å². The Morgan fingerprint density at radius 3 is 2.68 bits per heavy atom. The predicted octanol–water partition coefficient (Wildman–Crippen LogP) is 2.99. The van der Waals surface area contributed by atoms with Crippen LogP contribution in [0.1, 0.15) is 43.6 Å². The van der Waals surface area contributed by atoms with Crippen LogP contribution in [-0.4, -0.2) is 43.1 Å². The number of hydrogen-bond donors (Lipinski definition) is 2. The van der Waals surface area contributed by atoms with Gasteiger partial charge in [0.1, 0.15) is 0 Å². The number of thiophene rings is 1. The van der Waals surface area contributed by atoms with Crippen molar-refractivity contribution >= 4 is 17.3 Å². The summed E-state index contributed by atoms with van der Waals surface area (Å²) in [5.41, 5.74) is 1.34. The van der Waals surface area contributed by atoms with Gasteiger partial charge in [-0.3, -0.25) is 4.90 Å². The van der Waals surface area contributed by atoms with Crippen LogP contribution >= 0.6 is 11.3 Å². The first-order valence-electron chi connectivity index (χ1n) is 8.53. The summed E-state index contributed by atoms with van der Waals surface area (Å²) in [6.07, 6.45) is 3.89. The van der Waals surface area contributed by atoms with Crippen LogP contribution in [-0.2, 0) is 6.54 Å². The lowest BCUT2D eigenvalue weighted by Gasteiger charge is -2.27. The van der Waals surface area contributed by atoms with Crippen molar-refractivity contribution in [2.75, 3.05) is 26.2 Å². The van der Waals surface area contributed by atoms with Crippen LogP contribution in [0.5, 0.6) is 0 Å². The molecule has 2 N–H and O–H groups in total. The number of nitrogens with zero attached hydrogens (tertiary/aromatic N) is 2. The van der Waals surface area contributed by atoms with Gasteiger partial charge in [-0.2, -0.15) is 0 Å². The van der Waals surface area contributed by atoms with Crippen LogP contribution in [0.2, 0.25) is 0 Å². The van der Waals surface area contributed by atoms with Gasteiger partial charge in [0.2, 0.25) is 0 Å². The fourth-order valence-electron chi connectivity index (χ4n) is 2.91. The summed E-state index contributed by atoms with van der Waals surface area (Å²) >= 11 is 1.79. The van der Waals surface area contributed by atoms with Crippen LogP contribution in [0.15, 0.2) is 16.4 Å². The molecule has 0 spiro atoms. The molecule has 0 saturated carbocycles. The summed E-state index contributed by atoms with van der Waals surface area (Å²) < 4.78 is 0. The maximum Gasteiger partial charge on any atom is 0.191 e. The van der Waals surface area contributed by atoms with E-state index >= 15 is 0 Å². The van der Waals surface area contributed by atoms with Crippen molar-refractivity contribution in [3.63, 3.8) is 0 Å². The zero-order valence-corrected chi connectivity index (χ0v) is 15.0. The molecular formula is C17H30N4S. The molecule has 0 radical (unpaired) electrons. The summed E-state index contributed by atoms with van der Waals surface area (Å²) in [5.74, 6) is 0.938. The summed E-state index contributed by atoms with van der Waals surface area (Å²) in [6, 6.07) is 2.78. The fourth-order valence-corrected chi connectivity index (χ4v) is 3.74. The Balaban J connectivity index is 1.88. The summed E-state index contributed by atoms with van der Waals surface area (Å²) in [4.78, 5) is 8.70. The highest BCUT2D eigenvalue weighted by atomic mass is 32.1. The van der Waals surface area contributed by atoms with E-state index in [1.807, 2.05) is 0 Å². The van der Waals surface area contributed by atoms with Crippen molar-refractivity contribution in [3.05, 3.63) is 21.9 Å². The van der Waals surface area contributed by atoms with Gasteiger partial charge in [0.25, 0.3) is 0 Å². The molecule has 1 saturated heterocycles. The van der Waals surface area contributed by atoms with Crippen molar-refractivity contribution in [3.8, 4) is 0 Å². The molecule has 1 unspecified atom stereocenters. The minimum Gasteiger partial charge on any atom is -0.357 e. The highest BCUT2D eigenvalue weighted by Crippen LogP contribution is 2.16. The summed E-state index contributed by atoms with van der Waals surface area (Å²) in [6.45, 7) is 11.7. The quantitative estimate of drug-likeness (QED) is 0.599. The molecule has 1 fully saturated rings. The average Bonchev–Trinajstić information content (AvgIpc) is 3.17. The number of guanidine groups is 1. The van der Waals surface area contributed by atoms with Crippen molar-refractivity contribution in [2.24, 2.45) is 4.99 Å². The van der Waals surface area contributed by atoms with Crippen molar-refractivity contribution in [2.45, 2.75) is 52.6 Å². The van der Waals surface area contributed by atoms with E-state index in [1.54, 1.807) is 11.3 Å². The highest BCUT2D eigenvalue weighted by Gasteiger charge is 2.20. The molecule has 0 amide bonds. The number of nitrogens with one attached hydrogen (secondary N) is 2. The molecule has 5 heteroatoms. The van der Waals surface area contributed by atoms with E-state index in [9.17, 15) is 0 Å². The third-order valence-corrected chi connectivity index (χ3v) is 5.33. The number of rotatable bonds is 7. The summed E-state index contributed by atoms with van der Waals surface area (Å²) in [7, 11) is 0. The zero-order chi connectivity index (χ0) is 15.8. The molecule has 0 aromatic carbocycles. The standard InChI is InChI=1S/C17H30N4S/c1-4-15(21-9-6-7-10-21)12-19-17(18-5-2)20-13-16-14(3)8-11-22-16/h8,11,15H,4-7,9-10,12-13H2,1-3H3,(H2,18,19,20). The fraction of sp³-hybridized carbons (Fsp3) is 0.706. The van der Waals surface area contributed by atoms with Crippen molar-refractivity contribution in [1.82, 2.24) is 15.5 Å². The molecule has 2 rings (SSSR count). The molecule has 4 nitrogen and oxygen atoms in total. The normalized spacial score (nSPS) is 17.7. The zero-order valence-electron chi connectivity index (χ0n) is 14.2. The molecule has 0 bridgehead atoms. The Hall–Kier alpha value is -1.07. The Morgan fingerprint density at radius 1 is 1.32 bits per heavy atom. The van der Waals surface area contributed by atoms with Crippen molar-refractivity contribution in [1.29, 1.82) is 0 Å². The average molecular weight is 323 g/mol. The number of aliphatic imine (C=N–C) groups is 1. The monoisotopic (exact) mass is 322 g/mol. The second kappa shape index (κ2) is 9.16. The third kappa shape index (κ3) is 4.99. The predicted molar refractivity (Wildman–Crippen MR) is 96.8 cm³/mol. The van der Waals surface area contributed by atoms with E-state index in [0.29, 0.717) is 6.04 Å². The van der Waals surface area contributed by atoms with Gasteiger partial charge in [0.05, 0.1) is 6.54 Å². The van der Waals surface area contributed by atoms with Gasteiger partial charge in [-0.05, 0) is 63.2 Å². The van der Waals surface area contributed by atoms with Crippen LogP contribution in [0.25, 0.3) is 0 Å². The van der Waals surface area contributed by atoms with E-state index in [1.165, 1.54) is 42.8 Å². The Labute approximate surface area is 139 Å². The number of likely N-dealkylation sites (tertiary alicyclic amines) is 1. The molecule has 1 aromatic rings. The third-order valence-electron chi connectivity index (χ3n) is 4.33. The van der Waals surface area contributed by atoms with E-state index < -0.39 is 0 Å². The summed E-state index contributed by atoms with van der Waals surface area (Å²) in [5, 5.41) is 9.03. The van der Waals surface area contributed by atoms with Gasteiger partial charge in [-0.15, -0.1) is 11.3 Å². The topological polar surface area (TPSA) is 39.7 Å². The van der Waals surface area contributed by atoms with Gasteiger partial charge in [-0.25, -0.2) is 4.99 Å². The maximum absolute atomic E-state index is 4.74. The molecular weight excluding hydrogens is 292 g/mol. The van der Waals surface area contributed by atoms with E-state index in [4.69, 9.17) is 4.99 Å². The number of hydrogen-bond acceptors (Lipinski definition) is 3. The second-order valence-electron chi connectivity index (χ2n) is 5.91. The first-order chi connectivity index (χ1) is 10.7. The Bertz CT molecular complexity index is 463. The Morgan fingerprint density at radius 2 is 2.09 bits per heavy atom. The van der Waals surface area contributed by atoms with Gasteiger partial charge < -0.3 is 10.6 Å². The van der Waals surface area contributed by atoms with Gasteiger partial charge in [-0.1, -0.05) is 6.92 Å². The Kier molecular flexibility index (Phi) is 7.19. The SMILES string of the molecule is CCNC(=NCc1sccc1C)NCC(CC)N1CCCC1. The largest absolute Gasteiger partial charge is 0.357 e. The molecule has 1 aliphatic rings. The maximum atomic E-state index is 4.74. The van der Waals surface area contributed by atoms with Crippen LogP contribution in [0.3, 0.4) is 0 Å². The smallest absolute Gasteiger partial charge is 0.191 e. The van der Waals surface area contributed by atoms with E-state index in [-0.39, 0.29) is 0 Å². The van der Waals surface area contributed by atoms with Crippen LogP contribution < -0.4 is 10.6 Å². The lowest BCUT2D eigenvalue weighted by atomic mass is 10.2. The van der Waals surface area contributed by atoms with Crippen molar-refractivity contribution < 1.29 is 0 Å². The molecule has 1 atom stereocenters. The minimum absolute atomic E-state index is 0.620. The molecule has 2 heterocycles. The first kappa shape index (κ1) is 17.3. The lowest BCUT2D eigenvalue weighted by Crippen LogP contribution is -2.46. The molecule has 124 valence electrons. The minimum atomic E-state index is 0.620. The lowest BCUT2D eigenvalue weighted by molar-refractivity contribution is 0.236. The molecule has 1 aliphatic heterocycles. The highest BCUT2D eigenvalue weighted by molar-refractivity contribution is 7.10. The molecule has 1 aromatic heterocycles. The number of aryl methyl sites for hydroxylation is 1. The molecule has 0 aliphatic carbocycles. The van der Waals surface area contributed by atoms with Gasteiger partial charge >= 0.3 is 0 Å². The van der Waals surface area contributed by atoms with Crippen LogP contribution in [0.4, 0.5) is 0 Å². The molecule has 22 heavy (non-hydrogen) atoms. The van der Waals surface area contributed by atoms with Crippen LogP contribution in [0, 0.1) is 6.92 Å².